The molecule has 1 N–H and O–H groups in total. The van der Waals surface area contributed by atoms with Gasteiger partial charge in [-0.15, -0.1) is 10.2 Å². The number of aromatic nitrogens is 3. The number of nitro benzene ring substituents is 1. The highest BCUT2D eigenvalue weighted by molar-refractivity contribution is 5.50. The van der Waals surface area contributed by atoms with Crippen molar-refractivity contribution in [2.45, 2.75) is 13.0 Å². The number of rotatable bonds is 4. The number of anilines is 1. The van der Waals surface area contributed by atoms with Crippen molar-refractivity contribution in [3.05, 3.63) is 46.3 Å². The summed E-state index contributed by atoms with van der Waals surface area (Å²) >= 11 is 0. The second kappa shape index (κ2) is 5.01. The smallest absolute Gasteiger partial charge is 0.272 e. The maximum atomic E-state index is 13.7. The van der Waals surface area contributed by atoms with E-state index >= 15 is 0 Å². The van der Waals surface area contributed by atoms with Gasteiger partial charge < -0.3 is 9.88 Å². The molecule has 2 aromatic rings. The molecule has 0 spiro atoms. The van der Waals surface area contributed by atoms with E-state index < -0.39 is 10.7 Å². The molecule has 100 valence electrons. The van der Waals surface area contributed by atoms with Crippen LogP contribution in [0.1, 0.15) is 18.8 Å². The molecule has 0 aliphatic heterocycles. The van der Waals surface area contributed by atoms with Crippen LogP contribution in [0, 0.1) is 15.9 Å². The maximum Gasteiger partial charge on any atom is 0.272 e. The van der Waals surface area contributed by atoms with Gasteiger partial charge in [0.2, 0.25) is 0 Å². The minimum absolute atomic E-state index is 0.182. The number of hydrogen-bond donors (Lipinski definition) is 1. The molecule has 1 aromatic carbocycles. The van der Waals surface area contributed by atoms with Gasteiger partial charge in [-0.25, -0.2) is 4.39 Å². The van der Waals surface area contributed by atoms with Gasteiger partial charge in [0.25, 0.3) is 5.69 Å². The Kier molecular flexibility index (Phi) is 3.41. The standard InChI is InChI=1S/C11H12FN5O2/c1-7(11-15-13-6-16(11)2)14-10-4-3-8(17(18)19)5-9(10)12/h3-7,14H,1-2H3. The fraction of sp³-hybridized carbons (Fsp3) is 0.273. The Labute approximate surface area is 108 Å². The zero-order chi connectivity index (χ0) is 14.0. The molecule has 0 fully saturated rings. The van der Waals surface area contributed by atoms with E-state index in [9.17, 15) is 14.5 Å². The summed E-state index contributed by atoms with van der Waals surface area (Å²) in [5.74, 6) is -0.0408. The predicted molar refractivity (Wildman–Crippen MR) is 66.1 cm³/mol. The molecule has 0 amide bonds. The minimum atomic E-state index is -0.678. The van der Waals surface area contributed by atoms with Crippen LogP contribution in [-0.4, -0.2) is 19.7 Å². The number of hydrogen-bond acceptors (Lipinski definition) is 5. The normalized spacial score (nSPS) is 12.2. The van der Waals surface area contributed by atoms with E-state index in [-0.39, 0.29) is 17.4 Å². The Morgan fingerprint density at radius 2 is 2.26 bits per heavy atom. The van der Waals surface area contributed by atoms with E-state index in [1.54, 1.807) is 24.9 Å². The maximum absolute atomic E-state index is 13.7. The van der Waals surface area contributed by atoms with Crippen molar-refractivity contribution in [2.75, 3.05) is 5.32 Å². The summed E-state index contributed by atoms with van der Waals surface area (Å²) in [4.78, 5) is 9.88. The lowest BCUT2D eigenvalue weighted by Crippen LogP contribution is -2.12. The number of nitro groups is 1. The van der Waals surface area contributed by atoms with Crippen LogP contribution < -0.4 is 5.32 Å². The van der Waals surface area contributed by atoms with Crippen LogP contribution in [0.3, 0.4) is 0 Å². The van der Waals surface area contributed by atoms with Crippen molar-refractivity contribution in [3.63, 3.8) is 0 Å². The van der Waals surface area contributed by atoms with Crippen molar-refractivity contribution >= 4 is 11.4 Å². The molecule has 0 aliphatic rings. The van der Waals surface area contributed by atoms with E-state index in [0.29, 0.717) is 5.82 Å². The molecule has 0 bridgehead atoms. The van der Waals surface area contributed by atoms with Crippen LogP contribution in [0.25, 0.3) is 0 Å². The van der Waals surface area contributed by atoms with Crippen LogP contribution >= 0.6 is 0 Å². The number of halogens is 1. The molecule has 0 radical (unpaired) electrons. The Morgan fingerprint density at radius 3 is 2.79 bits per heavy atom. The number of nitrogens with one attached hydrogen (secondary N) is 1. The lowest BCUT2D eigenvalue weighted by Gasteiger charge is -2.14. The molecule has 0 aliphatic carbocycles. The molecular weight excluding hydrogens is 253 g/mol. The van der Waals surface area contributed by atoms with Crippen molar-refractivity contribution in [3.8, 4) is 0 Å². The largest absolute Gasteiger partial charge is 0.373 e. The molecule has 19 heavy (non-hydrogen) atoms. The summed E-state index contributed by atoms with van der Waals surface area (Å²) in [6.07, 6.45) is 1.54. The number of nitrogens with zero attached hydrogens (tertiary/aromatic N) is 4. The first kappa shape index (κ1) is 12.9. The summed E-state index contributed by atoms with van der Waals surface area (Å²) < 4.78 is 15.4. The third kappa shape index (κ3) is 2.67. The first-order valence-corrected chi connectivity index (χ1v) is 5.53. The van der Waals surface area contributed by atoms with Gasteiger partial charge in [0.15, 0.2) is 11.6 Å². The third-order valence-corrected chi connectivity index (χ3v) is 2.67. The first-order valence-electron chi connectivity index (χ1n) is 5.53. The SMILES string of the molecule is CC(Nc1ccc([N+](=O)[O-])cc1F)c1nncn1C. The number of benzene rings is 1. The van der Waals surface area contributed by atoms with Crippen LogP contribution in [0.4, 0.5) is 15.8 Å². The molecule has 2 rings (SSSR count). The van der Waals surface area contributed by atoms with Crippen molar-refractivity contribution < 1.29 is 9.31 Å². The molecule has 1 heterocycles. The van der Waals surface area contributed by atoms with E-state index in [4.69, 9.17) is 0 Å². The zero-order valence-electron chi connectivity index (χ0n) is 10.4. The van der Waals surface area contributed by atoms with E-state index in [0.717, 1.165) is 6.07 Å². The van der Waals surface area contributed by atoms with Crippen molar-refractivity contribution in [2.24, 2.45) is 7.05 Å². The monoisotopic (exact) mass is 265 g/mol. The summed E-state index contributed by atoms with van der Waals surface area (Å²) in [7, 11) is 1.78. The second-order valence-electron chi connectivity index (χ2n) is 4.09. The van der Waals surface area contributed by atoms with Gasteiger partial charge in [0.1, 0.15) is 6.33 Å². The highest BCUT2D eigenvalue weighted by Gasteiger charge is 2.15. The molecular formula is C11H12FN5O2. The average molecular weight is 265 g/mol. The summed E-state index contributed by atoms with van der Waals surface area (Å²) in [5, 5.41) is 21.1. The number of non-ortho nitro benzene ring substituents is 1. The van der Waals surface area contributed by atoms with Crippen LogP contribution in [0.2, 0.25) is 0 Å². The Morgan fingerprint density at radius 1 is 1.53 bits per heavy atom. The Hall–Kier alpha value is -2.51. The van der Waals surface area contributed by atoms with E-state index in [2.05, 4.69) is 15.5 Å². The fourth-order valence-electron chi connectivity index (χ4n) is 1.72. The van der Waals surface area contributed by atoms with Crippen molar-refractivity contribution in [1.29, 1.82) is 0 Å². The lowest BCUT2D eigenvalue weighted by atomic mass is 10.2. The minimum Gasteiger partial charge on any atom is -0.373 e. The summed E-state index contributed by atoms with van der Waals surface area (Å²) in [5.41, 5.74) is -0.101. The highest BCUT2D eigenvalue weighted by atomic mass is 19.1. The van der Waals surface area contributed by atoms with Crippen LogP contribution in [0.5, 0.6) is 0 Å². The second-order valence-corrected chi connectivity index (χ2v) is 4.09. The summed E-state index contributed by atoms with van der Waals surface area (Å²) in [6.45, 7) is 1.80. The van der Waals surface area contributed by atoms with Gasteiger partial charge in [-0.3, -0.25) is 10.1 Å². The zero-order valence-corrected chi connectivity index (χ0v) is 10.4. The average Bonchev–Trinajstić information content (AvgIpc) is 2.77. The van der Waals surface area contributed by atoms with Gasteiger partial charge in [-0.1, -0.05) is 0 Å². The Bertz CT molecular complexity index is 613. The quantitative estimate of drug-likeness (QED) is 0.675. The topological polar surface area (TPSA) is 85.9 Å². The number of aryl methyl sites for hydroxylation is 1. The van der Waals surface area contributed by atoms with Gasteiger partial charge in [-0.2, -0.15) is 0 Å². The van der Waals surface area contributed by atoms with Crippen LogP contribution in [-0.2, 0) is 7.05 Å². The molecule has 0 saturated heterocycles. The first-order chi connectivity index (χ1) is 8.99. The van der Waals surface area contributed by atoms with Crippen LogP contribution in [0.15, 0.2) is 24.5 Å². The Balaban J connectivity index is 2.20. The molecule has 1 aromatic heterocycles. The van der Waals surface area contributed by atoms with Gasteiger partial charge >= 0.3 is 0 Å². The lowest BCUT2D eigenvalue weighted by molar-refractivity contribution is -0.385. The summed E-state index contributed by atoms with van der Waals surface area (Å²) in [6, 6.07) is 3.18. The van der Waals surface area contributed by atoms with Gasteiger partial charge in [0.05, 0.1) is 22.7 Å². The van der Waals surface area contributed by atoms with E-state index in [1.165, 1.54) is 12.1 Å². The molecule has 0 saturated carbocycles. The predicted octanol–water partition coefficient (Wildman–Crippen LogP) is 2.04. The molecule has 1 unspecified atom stereocenters. The third-order valence-electron chi connectivity index (χ3n) is 2.67. The molecule has 7 nitrogen and oxygen atoms in total. The van der Waals surface area contributed by atoms with E-state index in [1.807, 2.05) is 0 Å². The van der Waals surface area contributed by atoms with Gasteiger partial charge in [-0.05, 0) is 13.0 Å². The highest BCUT2D eigenvalue weighted by Crippen LogP contribution is 2.23. The fourth-order valence-corrected chi connectivity index (χ4v) is 1.72. The van der Waals surface area contributed by atoms with Gasteiger partial charge in [0, 0.05) is 13.1 Å². The van der Waals surface area contributed by atoms with Crippen molar-refractivity contribution in [1.82, 2.24) is 14.8 Å². The molecule has 8 heteroatoms. The molecule has 1 atom stereocenters.